The van der Waals surface area contributed by atoms with E-state index >= 15 is 0 Å². The fourth-order valence-corrected chi connectivity index (χ4v) is 4.84. The highest BCUT2D eigenvalue weighted by Crippen LogP contribution is 2.39. The van der Waals surface area contributed by atoms with E-state index in [1.165, 1.54) is 50.2 Å². The van der Waals surface area contributed by atoms with Gasteiger partial charge in [-0.3, -0.25) is 0 Å². The first kappa shape index (κ1) is 22.6. The Balaban J connectivity index is 1.56. The molecule has 0 saturated heterocycles. The lowest BCUT2D eigenvalue weighted by atomic mass is 9.77. The Labute approximate surface area is 184 Å². The number of halogens is 5. The molecule has 0 radical (unpaired) electrons. The Morgan fingerprint density at radius 1 is 0.875 bits per heavy atom. The molecule has 0 amide bonds. The van der Waals surface area contributed by atoms with E-state index in [1.807, 2.05) is 12.1 Å². The van der Waals surface area contributed by atoms with Gasteiger partial charge in [0.2, 0.25) is 5.75 Å². The van der Waals surface area contributed by atoms with Crippen LogP contribution in [0.4, 0.5) is 22.0 Å². The molecule has 1 nitrogen and oxygen atoms in total. The molecule has 3 aromatic carbocycles. The molecule has 4 rings (SSSR count). The third-order valence-electron chi connectivity index (χ3n) is 6.46. The molecule has 0 aliphatic heterocycles. The molecule has 0 aromatic heterocycles. The maximum absolute atomic E-state index is 14.5. The summed E-state index contributed by atoms with van der Waals surface area (Å²) >= 11 is 0. The van der Waals surface area contributed by atoms with E-state index in [-0.39, 0.29) is 10.8 Å². The van der Waals surface area contributed by atoms with E-state index in [0.717, 1.165) is 23.1 Å². The van der Waals surface area contributed by atoms with E-state index in [4.69, 9.17) is 0 Å². The molecule has 0 unspecified atom stereocenters. The number of alkyl halides is 3. The molecule has 3 aromatic rings. The van der Waals surface area contributed by atoms with Crippen LogP contribution in [0.3, 0.4) is 0 Å². The van der Waals surface area contributed by atoms with Gasteiger partial charge in [-0.05, 0) is 71.7 Å². The van der Waals surface area contributed by atoms with Crippen molar-refractivity contribution in [2.45, 2.75) is 57.7 Å². The van der Waals surface area contributed by atoms with Crippen LogP contribution >= 0.6 is 0 Å². The molecule has 1 fully saturated rings. The Morgan fingerprint density at radius 2 is 1.53 bits per heavy atom. The molecular formula is C26H25F5O. The number of fused-ring (bicyclic) bond motifs is 1. The van der Waals surface area contributed by atoms with Crippen LogP contribution in [0.5, 0.6) is 5.75 Å². The van der Waals surface area contributed by atoms with E-state index in [1.54, 1.807) is 12.1 Å². The molecule has 1 aliphatic carbocycles. The van der Waals surface area contributed by atoms with Crippen molar-refractivity contribution in [3.05, 3.63) is 65.7 Å². The third-order valence-corrected chi connectivity index (χ3v) is 6.46. The van der Waals surface area contributed by atoms with Gasteiger partial charge in [-0.2, -0.15) is 0 Å². The number of ether oxygens (including phenoxy) is 1. The summed E-state index contributed by atoms with van der Waals surface area (Å²) in [5, 5.41) is 0.0419. The van der Waals surface area contributed by atoms with Crippen LogP contribution < -0.4 is 4.74 Å². The molecule has 0 bridgehead atoms. The summed E-state index contributed by atoms with van der Waals surface area (Å²) in [5.41, 5.74) is 2.92. The zero-order valence-corrected chi connectivity index (χ0v) is 17.8. The standard InChI is InChI=1S/C26H25F5O/c1-2-3-16-4-6-17(7-5-16)18-8-10-19(11-9-18)20-12-13-22-21(14-20)15-23(27)25(24(22)28)32-26(29,30)31/h8-17H,2-7H2,1H3/t16-,17-. The minimum Gasteiger partial charge on any atom is -0.399 e. The van der Waals surface area contributed by atoms with Gasteiger partial charge in [0.25, 0.3) is 0 Å². The van der Waals surface area contributed by atoms with Gasteiger partial charge >= 0.3 is 6.36 Å². The summed E-state index contributed by atoms with van der Waals surface area (Å²) in [6.07, 6.45) is 2.29. The van der Waals surface area contributed by atoms with Crippen molar-refractivity contribution in [2.24, 2.45) is 5.92 Å². The van der Waals surface area contributed by atoms with Crippen molar-refractivity contribution < 1.29 is 26.7 Å². The fraction of sp³-hybridized carbons (Fsp3) is 0.385. The highest BCUT2D eigenvalue weighted by Gasteiger charge is 2.34. The van der Waals surface area contributed by atoms with Crippen molar-refractivity contribution in [1.82, 2.24) is 0 Å². The second kappa shape index (κ2) is 9.08. The predicted molar refractivity (Wildman–Crippen MR) is 116 cm³/mol. The Morgan fingerprint density at radius 3 is 2.16 bits per heavy atom. The second-order valence-corrected chi connectivity index (χ2v) is 8.61. The van der Waals surface area contributed by atoms with E-state index in [2.05, 4.69) is 23.8 Å². The molecule has 0 heterocycles. The van der Waals surface area contributed by atoms with Gasteiger partial charge in [-0.25, -0.2) is 8.78 Å². The highest BCUT2D eigenvalue weighted by atomic mass is 19.4. The van der Waals surface area contributed by atoms with Crippen molar-refractivity contribution in [3.8, 4) is 16.9 Å². The van der Waals surface area contributed by atoms with E-state index < -0.39 is 23.7 Å². The first-order chi connectivity index (χ1) is 15.2. The van der Waals surface area contributed by atoms with Crippen LogP contribution in [0, 0.1) is 17.6 Å². The average molecular weight is 448 g/mol. The van der Waals surface area contributed by atoms with Crippen LogP contribution in [0.2, 0.25) is 0 Å². The predicted octanol–water partition coefficient (Wildman–Crippen LogP) is 8.76. The molecule has 1 aliphatic rings. The van der Waals surface area contributed by atoms with Gasteiger partial charge in [0, 0.05) is 5.39 Å². The molecule has 0 atom stereocenters. The monoisotopic (exact) mass is 448 g/mol. The van der Waals surface area contributed by atoms with Crippen LogP contribution in [0.25, 0.3) is 21.9 Å². The Kier molecular flexibility index (Phi) is 6.40. The maximum atomic E-state index is 14.5. The van der Waals surface area contributed by atoms with Gasteiger partial charge in [-0.15, -0.1) is 13.2 Å². The minimum absolute atomic E-state index is 0.130. The van der Waals surface area contributed by atoms with Crippen molar-refractivity contribution in [1.29, 1.82) is 0 Å². The van der Waals surface area contributed by atoms with Crippen LogP contribution in [0.15, 0.2) is 48.5 Å². The normalized spacial score (nSPS) is 19.3. The lowest BCUT2D eigenvalue weighted by Crippen LogP contribution is -2.19. The van der Waals surface area contributed by atoms with Crippen LogP contribution in [0.1, 0.15) is 56.9 Å². The summed E-state index contributed by atoms with van der Waals surface area (Å²) in [6.45, 7) is 2.23. The number of hydrogen-bond donors (Lipinski definition) is 0. The van der Waals surface area contributed by atoms with Crippen LogP contribution in [-0.4, -0.2) is 6.36 Å². The molecule has 6 heteroatoms. The quantitative estimate of drug-likeness (QED) is 0.355. The summed E-state index contributed by atoms with van der Waals surface area (Å²) in [4.78, 5) is 0. The summed E-state index contributed by atoms with van der Waals surface area (Å²) in [6, 6.07) is 13.6. The zero-order valence-electron chi connectivity index (χ0n) is 17.8. The first-order valence-corrected chi connectivity index (χ1v) is 11.0. The van der Waals surface area contributed by atoms with E-state index in [0.29, 0.717) is 5.92 Å². The first-order valence-electron chi connectivity index (χ1n) is 11.0. The maximum Gasteiger partial charge on any atom is 0.573 e. The average Bonchev–Trinajstić information content (AvgIpc) is 2.76. The Bertz CT molecular complexity index is 1080. The second-order valence-electron chi connectivity index (χ2n) is 8.61. The smallest absolute Gasteiger partial charge is 0.399 e. The Hall–Kier alpha value is -2.63. The zero-order chi connectivity index (χ0) is 22.9. The fourth-order valence-electron chi connectivity index (χ4n) is 4.84. The molecule has 0 spiro atoms. The third kappa shape index (κ3) is 4.89. The van der Waals surface area contributed by atoms with Crippen molar-refractivity contribution in [3.63, 3.8) is 0 Å². The molecule has 170 valence electrons. The molecule has 1 saturated carbocycles. The number of hydrogen-bond acceptors (Lipinski definition) is 1. The lowest BCUT2D eigenvalue weighted by Gasteiger charge is -2.28. The van der Waals surface area contributed by atoms with Gasteiger partial charge < -0.3 is 4.74 Å². The molecular weight excluding hydrogens is 423 g/mol. The summed E-state index contributed by atoms with van der Waals surface area (Å²) in [5.74, 6) is -2.79. The molecule has 32 heavy (non-hydrogen) atoms. The van der Waals surface area contributed by atoms with E-state index in [9.17, 15) is 22.0 Å². The number of benzene rings is 3. The lowest BCUT2D eigenvalue weighted by molar-refractivity contribution is -0.276. The minimum atomic E-state index is -5.17. The topological polar surface area (TPSA) is 9.23 Å². The van der Waals surface area contributed by atoms with Gasteiger partial charge in [0.15, 0.2) is 11.6 Å². The van der Waals surface area contributed by atoms with Gasteiger partial charge in [-0.1, -0.05) is 56.2 Å². The summed E-state index contributed by atoms with van der Waals surface area (Å²) in [7, 11) is 0. The van der Waals surface area contributed by atoms with Gasteiger partial charge in [0.1, 0.15) is 0 Å². The molecule has 0 N–H and O–H groups in total. The largest absolute Gasteiger partial charge is 0.573 e. The number of rotatable bonds is 5. The SMILES string of the molecule is CCC[C@H]1CC[C@H](c2ccc(-c3ccc4c(F)c(OC(F)(F)F)c(F)cc4c3)cc2)CC1. The highest BCUT2D eigenvalue weighted by molar-refractivity contribution is 5.89. The van der Waals surface area contributed by atoms with Crippen LogP contribution in [-0.2, 0) is 0 Å². The van der Waals surface area contributed by atoms with Crippen molar-refractivity contribution >= 4 is 10.8 Å². The van der Waals surface area contributed by atoms with Crippen molar-refractivity contribution in [2.75, 3.05) is 0 Å². The summed E-state index contributed by atoms with van der Waals surface area (Å²) < 4.78 is 69.5. The van der Waals surface area contributed by atoms with Gasteiger partial charge in [0.05, 0.1) is 0 Å².